The predicted octanol–water partition coefficient (Wildman–Crippen LogP) is 3.54. The molecule has 0 heterocycles. The van der Waals surface area contributed by atoms with Crippen LogP contribution in [0.5, 0.6) is 0 Å². The van der Waals surface area contributed by atoms with Gasteiger partial charge in [-0.25, -0.2) is 0 Å². The fraction of sp³-hybridized carbons (Fsp3) is 0.538. The maximum absolute atomic E-state index is 3.21. The van der Waals surface area contributed by atoms with Crippen LogP contribution in [0.25, 0.3) is 0 Å². The summed E-state index contributed by atoms with van der Waals surface area (Å²) in [5, 5.41) is 3.21. The Kier molecular flexibility index (Phi) is 5.81. The average molecular weight is 223 g/mol. The quantitative estimate of drug-likeness (QED) is 0.740. The van der Waals surface area contributed by atoms with E-state index in [1.54, 1.807) is 0 Å². The van der Waals surface area contributed by atoms with E-state index in [1.807, 2.05) is 18.8 Å². The molecule has 84 valence electrons. The van der Waals surface area contributed by atoms with Crippen LogP contribution in [0.3, 0.4) is 0 Å². The van der Waals surface area contributed by atoms with Gasteiger partial charge in [0.05, 0.1) is 0 Å². The molecule has 15 heavy (non-hydrogen) atoms. The molecule has 0 atom stereocenters. The zero-order valence-corrected chi connectivity index (χ0v) is 10.7. The summed E-state index contributed by atoms with van der Waals surface area (Å²) in [6, 6.07) is 8.65. The average Bonchev–Trinajstić information content (AvgIpc) is 2.20. The van der Waals surface area contributed by atoms with Gasteiger partial charge in [0.1, 0.15) is 0 Å². The standard InChI is InChI=1S/C13H21NS/c1-11(2)8-9-15-13-7-5-4-6-12(13)10-14-3/h4-7,11,14H,8-10H2,1-3H3. The summed E-state index contributed by atoms with van der Waals surface area (Å²) in [4.78, 5) is 1.42. The van der Waals surface area contributed by atoms with Crippen LogP contribution in [-0.2, 0) is 6.54 Å². The molecule has 1 aromatic carbocycles. The van der Waals surface area contributed by atoms with E-state index in [0.717, 1.165) is 12.5 Å². The summed E-state index contributed by atoms with van der Waals surface area (Å²) >= 11 is 1.98. The van der Waals surface area contributed by atoms with E-state index < -0.39 is 0 Å². The van der Waals surface area contributed by atoms with Crippen molar-refractivity contribution in [1.29, 1.82) is 0 Å². The molecule has 0 amide bonds. The molecule has 1 rings (SSSR count). The fourth-order valence-electron chi connectivity index (χ4n) is 1.39. The first-order chi connectivity index (χ1) is 7.24. The van der Waals surface area contributed by atoms with Crippen LogP contribution in [-0.4, -0.2) is 12.8 Å². The molecule has 0 bridgehead atoms. The third-order valence-electron chi connectivity index (χ3n) is 2.29. The van der Waals surface area contributed by atoms with Gasteiger partial charge in [-0.05, 0) is 36.8 Å². The molecule has 0 aliphatic rings. The van der Waals surface area contributed by atoms with Crippen molar-refractivity contribution in [3.63, 3.8) is 0 Å². The lowest BCUT2D eigenvalue weighted by molar-refractivity contribution is 0.632. The highest BCUT2D eigenvalue weighted by Gasteiger charge is 2.01. The van der Waals surface area contributed by atoms with E-state index in [0.29, 0.717) is 0 Å². The Bertz CT molecular complexity index is 284. The molecule has 1 nitrogen and oxygen atoms in total. The van der Waals surface area contributed by atoms with Gasteiger partial charge in [-0.3, -0.25) is 0 Å². The first-order valence-electron chi connectivity index (χ1n) is 5.59. The number of benzene rings is 1. The molecule has 2 heteroatoms. The Hall–Kier alpha value is -0.470. The zero-order valence-electron chi connectivity index (χ0n) is 9.92. The van der Waals surface area contributed by atoms with Crippen molar-refractivity contribution < 1.29 is 0 Å². The van der Waals surface area contributed by atoms with Crippen LogP contribution in [0.4, 0.5) is 0 Å². The van der Waals surface area contributed by atoms with Crippen LogP contribution in [0, 0.1) is 5.92 Å². The van der Waals surface area contributed by atoms with E-state index in [4.69, 9.17) is 0 Å². The van der Waals surface area contributed by atoms with E-state index in [1.165, 1.54) is 22.6 Å². The van der Waals surface area contributed by atoms with Gasteiger partial charge < -0.3 is 5.32 Å². The summed E-state index contributed by atoms with van der Waals surface area (Å²) < 4.78 is 0. The number of rotatable bonds is 6. The summed E-state index contributed by atoms with van der Waals surface area (Å²) in [6.45, 7) is 5.52. The Balaban J connectivity index is 2.51. The Morgan fingerprint density at radius 2 is 2.00 bits per heavy atom. The van der Waals surface area contributed by atoms with E-state index >= 15 is 0 Å². The molecular formula is C13H21NS. The van der Waals surface area contributed by atoms with Crippen LogP contribution in [0.15, 0.2) is 29.2 Å². The van der Waals surface area contributed by atoms with Gasteiger partial charge in [0.15, 0.2) is 0 Å². The maximum atomic E-state index is 3.21. The lowest BCUT2D eigenvalue weighted by atomic mass is 10.2. The van der Waals surface area contributed by atoms with Gasteiger partial charge >= 0.3 is 0 Å². The summed E-state index contributed by atoms with van der Waals surface area (Å²) in [6.07, 6.45) is 1.29. The second-order valence-corrected chi connectivity index (χ2v) is 5.31. The predicted molar refractivity (Wildman–Crippen MR) is 69.4 cm³/mol. The minimum atomic E-state index is 0.800. The number of hydrogen-bond acceptors (Lipinski definition) is 2. The minimum Gasteiger partial charge on any atom is -0.316 e. The van der Waals surface area contributed by atoms with Gasteiger partial charge in [-0.2, -0.15) is 0 Å². The molecular weight excluding hydrogens is 202 g/mol. The van der Waals surface area contributed by atoms with E-state index in [9.17, 15) is 0 Å². The van der Waals surface area contributed by atoms with Crippen molar-refractivity contribution >= 4 is 11.8 Å². The number of hydrogen-bond donors (Lipinski definition) is 1. The summed E-state index contributed by atoms with van der Waals surface area (Å²) in [7, 11) is 2.00. The molecule has 0 fully saturated rings. The first-order valence-corrected chi connectivity index (χ1v) is 6.58. The lowest BCUT2D eigenvalue weighted by Crippen LogP contribution is -2.06. The van der Waals surface area contributed by atoms with Gasteiger partial charge in [-0.15, -0.1) is 11.8 Å². The smallest absolute Gasteiger partial charge is 0.0213 e. The van der Waals surface area contributed by atoms with Gasteiger partial charge in [0.2, 0.25) is 0 Å². The fourth-order valence-corrected chi connectivity index (χ4v) is 2.70. The van der Waals surface area contributed by atoms with E-state index in [-0.39, 0.29) is 0 Å². The molecule has 1 N–H and O–H groups in total. The number of thioether (sulfide) groups is 1. The largest absolute Gasteiger partial charge is 0.316 e. The Morgan fingerprint density at radius 1 is 1.27 bits per heavy atom. The maximum Gasteiger partial charge on any atom is 0.0213 e. The minimum absolute atomic E-state index is 0.800. The van der Waals surface area contributed by atoms with Crippen LogP contribution >= 0.6 is 11.8 Å². The second kappa shape index (κ2) is 6.91. The molecule has 0 aliphatic heterocycles. The van der Waals surface area contributed by atoms with Crippen molar-refractivity contribution in [2.75, 3.05) is 12.8 Å². The highest BCUT2D eigenvalue weighted by molar-refractivity contribution is 7.99. The molecule has 0 spiro atoms. The third kappa shape index (κ3) is 4.72. The molecule has 0 saturated carbocycles. The molecule has 0 aliphatic carbocycles. The van der Waals surface area contributed by atoms with Crippen molar-refractivity contribution in [3.8, 4) is 0 Å². The highest BCUT2D eigenvalue weighted by atomic mass is 32.2. The monoisotopic (exact) mass is 223 g/mol. The van der Waals surface area contributed by atoms with Crippen molar-refractivity contribution in [2.45, 2.75) is 31.7 Å². The van der Waals surface area contributed by atoms with Crippen LogP contribution in [0.1, 0.15) is 25.8 Å². The SMILES string of the molecule is CNCc1ccccc1SCCC(C)C. The molecule has 1 aromatic rings. The number of nitrogens with one attached hydrogen (secondary N) is 1. The van der Waals surface area contributed by atoms with Gasteiger partial charge in [-0.1, -0.05) is 32.0 Å². The zero-order chi connectivity index (χ0) is 11.1. The topological polar surface area (TPSA) is 12.0 Å². The normalized spacial score (nSPS) is 10.9. The van der Waals surface area contributed by atoms with Gasteiger partial charge in [0.25, 0.3) is 0 Å². The Morgan fingerprint density at radius 3 is 2.67 bits per heavy atom. The first kappa shape index (κ1) is 12.6. The summed E-state index contributed by atoms with van der Waals surface area (Å²) in [5.41, 5.74) is 1.41. The molecule has 0 unspecified atom stereocenters. The molecule has 0 radical (unpaired) electrons. The van der Waals surface area contributed by atoms with Gasteiger partial charge in [0, 0.05) is 11.4 Å². The van der Waals surface area contributed by atoms with Crippen LogP contribution < -0.4 is 5.32 Å². The summed E-state index contributed by atoms with van der Waals surface area (Å²) in [5.74, 6) is 2.02. The van der Waals surface area contributed by atoms with Crippen molar-refractivity contribution in [3.05, 3.63) is 29.8 Å². The third-order valence-corrected chi connectivity index (χ3v) is 3.44. The van der Waals surface area contributed by atoms with Crippen LogP contribution in [0.2, 0.25) is 0 Å². The molecule has 0 saturated heterocycles. The van der Waals surface area contributed by atoms with E-state index in [2.05, 4.69) is 43.4 Å². The molecule has 0 aromatic heterocycles. The lowest BCUT2D eigenvalue weighted by Gasteiger charge is -2.09. The van der Waals surface area contributed by atoms with Crippen molar-refractivity contribution in [2.24, 2.45) is 5.92 Å². The van der Waals surface area contributed by atoms with Crippen molar-refractivity contribution in [1.82, 2.24) is 5.32 Å². The highest BCUT2D eigenvalue weighted by Crippen LogP contribution is 2.24. The Labute approximate surface area is 97.7 Å². The second-order valence-electron chi connectivity index (χ2n) is 4.17.